The zero-order valence-electron chi connectivity index (χ0n) is 12.6. The van der Waals surface area contributed by atoms with Crippen LogP contribution in [0.2, 0.25) is 0 Å². The first kappa shape index (κ1) is 17.5. The Morgan fingerprint density at radius 1 is 1.48 bits per heavy atom. The van der Waals surface area contributed by atoms with E-state index >= 15 is 0 Å². The van der Waals surface area contributed by atoms with Gasteiger partial charge in [0, 0.05) is 12.8 Å². The van der Waals surface area contributed by atoms with E-state index in [1.165, 1.54) is 16.4 Å². The summed E-state index contributed by atoms with van der Waals surface area (Å²) in [6, 6.07) is 2.35. The Bertz CT molecular complexity index is 618. The van der Waals surface area contributed by atoms with Gasteiger partial charge in [-0.05, 0) is 25.8 Å². The minimum Gasteiger partial charge on any atom is -0.300 e. The second kappa shape index (κ2) is 8.00. The number of thioether (sulfide) groups is 1. The molecule has 0 aromatic carbocycles. The molecule has 2 N–H and O–H groups in total. The van der Waals surface area contributed by atoms with Crippen LogP contribution in [0.5, 0.6) is 0 Å². The van der Waals surface area contributed by atoms with Gasteiger partial charge in [-0.1, -0.05) is 25.6 Å². The lowest BCUT2D eigenvalue weighted by Crippen LogP contribution is -2.43. The number of rotatable bonds is 8. The highest BCUT2D eigenvalue weighted by atomic mass is 32.2. The third-order valence-corrected chi connectivity index (χ3v) is 4.38. The van der Waals surface area contributed by atoms with Crippen LogP contribution in [0.15, 0.2) is 14.7 Å². The number of aryl methyl sites for hydroxylation is 1. The van der Waals surface area contributed by atoms with Gasteiger partial charge in [-0.25, -0.2) is 0 Å². The average Bonchev–Trinajstić information content (AvgIpc) is 2.47. The van der Waals surface area contributed by atoms with Crippen molar-refractivity contribution in [2.24, 2.45) is 7.05 Å². The lowest BCUT2D eigenvalue weighted by Gasteiger charge is -2.25. The first-order chi connectivity index (χ1) is 9.98. The topological polar surface area (TPSA) is 104 Å². The summed E-state index contributed by atoms with van der Waals surface area (Å²) in [6.07, 6.45) is 2.30. The molecule has 0 aliphatic rings. The molecule has 0 amide bonds. The Morgan fingerprint density at radius 2 is 2.19 bits per heavy atom. The highest BCUT2D eigenvalue weighted by Gasteiger charge is 2.25. The molecule has 7 nitrogen and oxygen atoms in total. The molecule has 0 spiro atoms. The fourth-order valence-electron chi connectivity index (χ4n) is 2.03. The number of aromatic nitrogens is 3. The molecule has 1 aromatic heterocycles. The fourth-order valence-corrected chi connectivity index (χ4v) is 2.89. The summed E-state index contributed by atoms with van der Waals surface area (Å²) in [5, 5.41) is 15.4. The summed E-state index contributed by atoms with van der Waals surface area (Å²) in [5.74, 6) is 0.723. The zero-order valence-corrected chi connectivity index (χ0v) is 13.4. The van der Waals surface area contributed by atoms with Crippen LogP contribution in [-0.4, -0.2) is 32.6 Å². The molecule has 1 rings (SSSR count). The molecule has 0 radical (unpaired) electrons. The van der Waals surface area contributed by atoms with E-state index in [4.69, 9.17) is 0 Å². The molecule has 0 fully saturated rings. The van der Waals surface area contributed by atoms with Crippen LogP contribution >= 0.6 is 11.8 Å². The van der Waals surface area contributed by atoms with Gasteiger partial charge in [0.15, 0.2) is 5.16 Å². The molecule has 0 aliphatic heterocycles. The van der Waals surface area contributed by atoms with Crippen molar-refractivity contribution in [1.29, 1.82) is 5.26 Å². The minimum absolute atomic E-state index is 0.474. The van der Waals surface area contributed by atoms with E-state index in [9.17, 15) is 14.9 Å². The predicted octanol–water partition coefficient (Wildman–Crippen LogP) is 0.623. The third-order valence-electron chi connectivity index (χ3n) is 3.26. The summed E-state index contributed by atoms with van der Waals surface area (Å²) in [7, 11) is 1.64. The maximum Gasteiger partial charge on any atom is 0.339 e. The van der Waals surface area contributed by atoms with Crippen LogP contribution in [0.4, 0.5) is 0 Å². The maximum atomic E-state index is 11.2. The number of H-pyrrole nitrogens is 1. The Labute approximate surface area is 127 Å². The molecule has 21 heavy (non-hydrogen) atoms. The van der Waals surface area contributed by atoms with Gasteiger partial charge in [0.05, 0.1) is 6.07 Å². The van der Waals surface area contributed by atoms with Gasteiger partial charge in [0.25, 0.3) is 0 Å². The molecule has 1 atom stereocenters. The monoisotopic (exact) mass is 311 g/mol. The van der Waals surface area contributed by atoms with Crippen molar-refractivity contribution >= 4 is 11.8 Å². The van der Waals surface area contributed by atoms with E-state index in [0.717, 1.165) is 31.6 Å². The first-order valence-electron chi connectivity index (χ1n) is 6.94. The molecular weight excluding hydrogens is 290 g/mol. The first-order valence-corrected chi connectivity index (χ1v) is 7.93. The number of aromatic amines is 1. The molecular formula is C13H21N5O2S. The van der Waals surface area contributed by atoms with Crippen molar-refractivity contribution in [1.82, 2.24) is 20.1 Å². The van der Waals surface area contributed by atoms with Gasteiger partial charge in [0.2, 0.25) is 0 Å². The number of hydrogen-bond donors (Lipinski definition) is 2. The van der Waals surface area contributed by atoms with Crippen molar-refractivity contribution in [3.05, 3.63) is 20.7 Å². The molecule has 1 aromatic rings. The Balaban J connectivity index is 2.58. The van der Waals surface area contributed by atoms with Crippen LogP contribution < -0.4 is 16.4 Å². The van der Waals surface area contributed by atoms with E-state index < -0.39 is 16.7 Å². The van der Waals surface area contributed by atoms with Crippen LogP contribution in [0.25, 0.3) is 0 Å². The number of nitriles is 1. The van der Waals surface area contributed by atoms with Crippen molar-refractivity contribution in [3.63, 3.8) is 0 Å². The Morgan fingerprint density at radius 3 is 2.76 bits per heavy atom. The van der Waals surface area contributed by atoms with Crippen molar-refractivity contribution in [2.75, 3.05) is 12.3 Å². The van der Waals surface area contributed by atoms with Gasteiger partial charge in [-0.3, -0.25) is 24.7 Å². The third kappa shape index (κ3) is 4.72. The lowest BCUT2D eigenvalue weighted by atomic mass is 9.92. The summed E-state index contributed by atoms with van der Waals surface area (Å²) >= 11 is 1.39. The molecule has 0 aliphatic carbocycles. The Hall–Kier alpha value is -1.59. The number of nitrogens with zero attached hydrogens (tertiary/aromatic N) is 3. The molecule has 8 heteroatoms. The van der Waals surface area contributed by atoms with Gasteiger partial charge in [-0.2, -0.15) is 10.2 Å². The molecule has 0 saturated heterocycles. The van der Waals surface area contributed by atoms with Gasteiger partial charge < -0.3 is 0 Å². The largest absolute Gasteiger partial charge is 0.339 e. The van der Waals surface area contributed by atoms with E-state index in [0.29, 0.717) is 5.16 Å². The predicted molar refractivity (Wildman–Crippen MR) is 82.4 cm³/mol. The maximum absolute atomic E-state index is 11.2. The second-order valence-electron chi connectivity index (χ2n) is 4.73. The second-order valence-corrected chi connectivity index (χ2v) is 5.79. The van der Waals surface area contributed by atoms with Gasteiger partial charge in [0.1, 0.15) is 5.54 Å². The van der Waals surface area contributed by atoms with Crippen molar-refractivity contribution in [2.45, 2.75) is 43.8 Å². The standard InChI is InChI=1S/C13H21N5O2S/c1-4-13(9-14,15-5-2)7-6-8-21-12-16-10(19)11(20)17-18(12)3/h15H,4-8H2,1-3H3,(H,17,20). The number of nitrogens with one attached hydrogen (secondary N) is 2. The van der Waals surface area contributed by atoms with Crippen LogP contribution in [-0.2, 0) is 7.05 Å². The normalized spacial score (nSPS) is 13.6. The summed E-state index contributed by atoms with van der Waals surface area (Å²) < 4.78 is 1.44. The summed E-state index contributed by atoms with van der Waals surface area (Å²) in [6.45, 7) is 4.73. The van der Waals surface area contributed by atoms with Crippen molar-refractivity contribution in [3.8, 4) is 6.07 Å². The van der Waals surface area contributed by atoms with E-state index in [1.807, 2.05) is 13.8 Å². The molecule has 1 unspecified atom stereocenters. The van der Waals surface area contributed by atoms with Gasteiger partial charge in [-0.15, -0.1) is 0 Å². The molecule has 0 bridgehead atoms. The van der Waals surface area contributed by atoms with E-state index in [-0.39, 0.29) is 0 Å². The number of hydrogen-bond acceptors (Lipinski definition) is 6. The smallest absolute Gasteiger partial charge is 0.300 e. The molecule has 116 valence electrons. The highest BCUT2D eigenvalue weighted by molar-refractivity contribution is 7.99. The van der Waals surface area contributed by atoms with E-state index in [2.05, 4.69) is 21.5 Å². The van der Waals surface area contributed by atoms with Crippen molar-refractivity contribution < 1.29 is 0 Å². The lowest BCUT2D eigenvalue weighted by molar-refractivity contribution is 0.379. The Kier molecular flexibility index (Phi) is 6.65. The van der Waals surface area contributed by atoms with E-state index in [1.54, 1.807) is 7.05 Å². The fraction of sp³-hybridized carbons (Fsp3) is 0.692. The zero-order chi connectivity index (χ0) is 15.9. The molecule has 0 saturated carbocycles. The van der Waals surface area contributed by atoms with Crippen LogP contribution in [0, 0.1) is 11.3 Å². The van der Waals surface area contributed by atoms with Crippen LogP contribution in [0.3, 0.4) is 0 Å². The highest BCUT2D eigenvalue weighted by Crippen LogP contribution is 2.20. The summed E-state index contributed by atoms with van der Waals surface area (Å²) in [5.41, 5.74) is -1.98. The quantitative estimate of drug-likeness (QED) is 0.414. The van der Waals surface area contributed by atoms with Gasteiger partial charge >= 0.3 is 11.1 Å². The van der Waals surface area contributed by atoms with Crippen LogP contribution in [0.1, 0.15) is 33.1 Å². The average molecular weight is 311 g/mol. The minimum atomic E-state index is -0.775. The molecule has 1 heterocycles. The SMILES string of the molecule is CCNC(C#N)(CC)CCCSc1nc(=O)c(=O)[nH]n1C. The summed E-state index contributed by atoms with van der Waals surface area (Å²) in [4.78, 5) is 26.1.